The molecule has 0 radical (unpaired) electrons. The van der Waals surface area contributed by atoms with E-state index in [9.17, 15) is 14.0 Å². The number of benzene rings is 3. The van der Waals surface area contributed by atoms with Crippen molar-refractivity contribution in [2.24, 2.45) is 0 Å². The molecule has 4 rings (SSSR count). The molecular formula is C27H23ClFNO5S. The molecule has 1 saturated heterocycles. The molecule has 0 bridgehead atoms. The Hall–Kier alpha value is -3.49. The van der Waals surface area contributed by atoms with E-state index in [-0.39, 0.29) is 40.7 Å². The first-order valence-electron chi connectivity index (χ1n) is 11.0. The number of imide groups is 1. The number of halogens is 2. The minimum absolute atomic E-state index is 0.0940. The second kappa shape index (κ2) is 11.5. The van der Waals surface area contributed by atoms with Crippen molar-refractivity contribution in [1.82, 2.24) is 4.90 Å². The Labute approximate surface area is 217 Å². The number of rotatable bonds is 9. The summed E-state index contributed by atoms with van der Waals surface area (Å²) < 4.78 is 30.3. The largest absolute Gasteiger partial charge is 0.493 e. The average molecular weight is 528 g/mol. The number of methoxy groups -OCH3 is 1. The summed E-state index contributed by atoms with van der Waals surface area (Å²) in [5.41, 5.74) is 2.31. The van der Waals surface area contributed by atoms with E-state index in [2.05, 4.69) is 0 Å². The van der Waals surface area contributed by atoms with E-state index < -0.39 is 5.91 Å². The second-order valence-corrected chi connectivity index (χ2v) is 9.35. The van der Waals surface area contributed by atoms with Crippen molar-refractivity contribution >= 4 is 40.6 Å². The molecule has 0 atom stereocenters. The molecule has 186 valence electrons. The van der Waals surface area contributed by atoms with Crippen LogP contribution in [0.15, 0.2) is 65.6 Å². The molecule has 1 heterocycles. The van der Waals surface area contributed by atoms with Crippen LogP contribution >= 0.6 is 23.4 Å². The van der Waals surface area contributed by atoms with Crippen molar-refractivity contribution in [3.8, 4) is 17.2 Å². The number of carbonyl (C=O) groups excluding carboxylic acids is 2. The van der Waals surface area contributed by atoms with Gasteiger partial charge in [-0.2, -0.15) is 0 Å². The number of ether oxygens (including phenoxy) is 3. The highest BCUT2D eigenvalue weighted by molar-refractivity contribution is 8.18. The van der Waals surface area contributed by atoms with Crippen LogP contribution in [0.1, 0.15) is 16.7 Å². The lowest BCUT2D eigenvalue weighted by molar-refractivity contribution is -0.123. The van der Waals surface area contributed by atoms with Gasteiger partial charge in [0.25, 0.3) is 11.1 Å². The predicted molar refractivity (Wildman–Crippen MR) is 138 cm³/mol. The minimum atomic E-state index is -0.404. The van der Waals surface area contributed by atoms with Crippen LogP contribution in [-0.2, 0) is 11.4 Å². The third-order valence-corrected chi connectivity index (χ3v) is 6.49. The van der Waals surface area contributed by atoms with Crippen LogP contribution in [-0.4, -0.2) is 36.3 Å². The fraction of sp³-hybridized carbons (Fsp3) is 0.185. The highest BCUT2D eigenvalue weighted by atomic mass is 35.5. The van der Waals surface area contributed by atoms with Gasteiger partial charge in [-0.15, -0.1) is 0 Å². The van der Waals surface area contributed by atoms with Crippen LogP contribution in [0.5, 0.6) is 17.2 Å². The maximum Gasteiger partial charge on any atom is 0.293 e. The highest BCUT2D eigenvalue weighted by Crippen LogP contribution is 2.39. The van der Waals surface area contributed by atoms with Gasteiger partial charge in [0, 0.05) is 0 Å². The molecule has 1 fully saturated rings. The second-order valence-electron chi connectivity index (χ2n) is 7.95. The Balaban J connectivity index is 1.43. The quantitative estimate of drug-likeness (QED) is 0.296. The molecule has 6 nitrogen and oxygen atoms in total. The minimum Gasteiger partial charge on any atom is -0.493 e. The van der Waals surface area contributed by atoms with E-state index in [1.165, 1.54) is 19.2 Å². The molecule has 1 aliphatic heterocycles. The fourth-order valence-electron chi connectivity index (χ4n) is 3.48. The van der Waals surface area contributed by atoms with Gasteiger partial charge in [0.2, 0.25) is 0 Å². The molecule has 0 spiro atoms. The zero-order valence-electron chi connectivity index (χ0n) is 19.6. The Morgan fingerprint density at radius 1 is 1.06 bits per heavy atom. The summed E-state index contributed by atoms with van der Waals surface area (Å²) >= 11 is 7.28. The van der Waals surface area contributed by atoms with E-state index in [0.29, 0.717) is 28.4 Å². The Morgan fingerprint density at radius 3 is 2.56 bits per heavy atom. The lowest BCUT2D eigenvalue weighted by atomic mass is 10.1. The lowest BCUT2D eigenvalue weighted by Crippen LogP contribution is -2.32. The molecule has 0 N–H and O–H groups in total. The molecule has 0 aliphatic carbocycles. The summed E-state index contributed by atoms with van der Waals surface area (Å²) in [5.74, 6) is 0.543. The van der Waals surface area contributed by atoms with Crippen LogP contribution in [0, 0.1) is 12.7 Å². The molecule has 9 heteroatoms. The maximum absolute atomic E-state index is 13.4. The van der Waals surface area contributed by atoms with Crippen LogP contribution in [0.3, 0.4) is 0 Å². The van der Waals surface area contributed by atoms with Crippen LogP contribution in [0.25, 0.3) is 6.08 Å². The van der Waals surface area contributed by atoms with Gasteiger partial charge < -0.3 is 14.2 Å². The molecular weight excluding hydrogens is 505 g/mol. The SMILES string of the molecule is COc1cc(/C=C2\SC(=O)N(CCOc3ccc(C)cc3)C2=O)cc(Cl)c1OCc1cccc(F)c1. The zero-order valence-corrected chi connectivity index (χ0v) is 21.2. The van der Waals surface area contributed by atoms with E-state index in [0.717, 1.165) is 22.2 Å². The first-order valence-corrected chi connectivity index (χ1v) is 12.2. The van der Waals surface area contributed by atoms with Gasteiger partial charge in [0.05, 0.1) is 23.6 Å². The Kier molecular flexibility index (Phi) is 8.18. The van der Waals surface area contributed by atoms with Gasteiger partial charge in [-0.1, -0.05) is 41.4 Å². The first kappa shape index (κ1) is 25.6. The number of amides is 2. The normalized spacial score (nSPS) is 14.4. The van der Waals surface area contributed by atoms with Gasteiger partial charge in [-0.05, 0) is 72.3 Å². The van der Waals surface area contributed by atoms with Gasteiger partial charge in [0.15, 0.2) is 11.5 Å². The summed E-state index contributed by atoms with van der Waals surface area (Å²) in [5, 5.41) is -0.116. The first-order chi connectivity index (χ1) is 17.3. The van der Waals surface area contributed by atoms with E-state index in [4.69, 9.17) is 25.8 Å². The standard InChI is InChI=1S/C27H23ClFNO5S/c1-17-6-8-21(9-7-17)34-11-10-30-26(31)24(36-27(30)32)15-19-13-22(28)25(23(14-19)33-2)35-16-18-4-3-5-20(29)12-18/h3-9,12-15H,10-11,16H2,1-2H3/b24-15-. The topological polar surface area (TPSA) is 65.1 Å². The molecule has 0 aromatic heterocycles. The van der Waals surface area contributed by atoms with Crippen LogP contribution in [0.2, 0.25) is 5.02 Å². The van der Waals surface area contributed by atoms with Gasteiger partial charge in [0.1, 0.15) is 24.8 Å². The van der Waals surface area contributed by atoms with Crippen LogP contribution < -0.4 is 14.2 Å². The number of hydrogen-bond donors (Lipinski definition) is 0. The number of hydrogen-bond acceptors (Lipinski definition) is 6. The maximum atomic E-state index is 13.4. The number of thioether (sulfide) groups is 1. The van der Waals surface area contributed by atoms with Crippen molar-refractivity contribution in [2.75, 3.05) is 20.3 Å². The fourth-order valence-corrected chi connectivity index (χ4v) is 4.62. The van der Waals surface area contributed by atoms with Gasteiger partial charge in [-0.25, -0.2) is 4.39 Å². The number of carbonyl (C=O) groups is 2. The summed E-state index contributed by atoms with van der Waals surface area (Å²) in [6, 6.07) is 16.8. The average Bonchev–Trinajstić information content (AvgIpc) is 3.11. The molecule has 0 unspecified atom stereocenters. The monoisotopic (exact) mass is 527 g/mol. The lowest BCUT2D eigenvalue weighted by Gasteiger charge is -2.14. The van der Waals surface area contributed by atoms with E-state index in [1.807, 2.05) is 31.2 Å². The van der Waals surface area contributed by atoms with Crippen LogP contribution in [0.4, 0.5) is 9.18 Å². The smallest absolute Gasteiger partial charge is 0.293 e. The van der Waals surface area contributed by atoms with Gasteiger partial charge in [-0.3, -0.25) is 14.5 Å². The highest BCUT2D eigenvalue weighted by Gasteiger charge is 2.35. The molecule has 3 aromatic rings. The summed E-state index contributed by atoms with van der Waals surface area (Å²) in [6.07, 6.45) is 1.58. The van der Waals surface area contributed by atoms with Crippen molar-refractivity contribution in [1.29, 1.82) is 0 Å². The predicted octanol–water partition coefficient (Wildman–Crippen LogP) is 6.49. The number of aryl methyl sites for hydroxylation is 1. The third-order valence-electron chi connectivity index (χ3n) is 5.30. The molecule has 1 aliphatic rings. The molecule has 0 saturated carbocycles. The van der Waals surface area contributed by atoms with E-state index >= 15 is 0 Å². The van der Waals surface area contributed by atoms with Crippen molar-refractivity contribution < 1.29 is 28.2 Å². The zero-order chi connectivity index (χ0) is 25.7. The molecule has 36 heavy (non-hydrogen) atoms. The summed E-state index contributed by atoms with van der Waals surface area (Å²) in [4.78, 5) is 26.7. The summed E-state index contributed by atoms with van der Waals surface area (Å²) in [6.45, 7) is 2.39. The Morgan fingerprint density at radius 2 is 1.83 bits per heavy atom. The molecule has 3 aromatic carbocycles. The van der Waals surface area contributed by atoms with Crippen molar-refractivity contribution in [3.05, 3.63) is 93.1 Å². The number of nitrogens with zero attached hydrogens (tertiary/aromatic N) is 1. The Bertz CT molecular complexity index is 1310. The summed E-state index contributed by atoms with van der Waals surface area (Å²) in [7, 11) is 1.46. The van der Waals surface area contributed by atoms with E-state index in [1.54, 1.807) is 30.3 Å². The molecule has 2 amide bonds. The third kappa shape index (κ3) is 6.19. The van der Waals surface area contributed by atoms with Gasteiger partial charge >= 0.3 is 0 Å². The van der Waals surface area contributed by atoms with Crippen molar-refractivity contribution in [3.63, 3.8) is 0 Å². The van der Waals surface area contributed by atoms with Crippen molar-refractivity contribution in [2.45, 2.75) is 13.5 Å².